The van der Waals surface area contributed by atoms with E-state index >= 15 is 0 Å². The number of carbonyl (C=O) groups is 1. The molecule has 0 fully saturated rings. The molecule has 0 bridgehead atoms. The third kappa shape index (κ3) is 2.88. The third-order valence-corrected chi connectivity index (χ3v) is 4.54. The minimum Gasteiger partial charge on any atom is -0.462 e. The van der Waals surface area contributed by atoms with Crippen molar-refractivity contribution in [3.8, 4) is 0 Å². The lowest BCUT2D eigenvalue weighted by Gasteiger charge is -2.23. The Morgan fingerprint density at radius 3 is 2.57 bits per heavy atom. The number of benzene rings is 1. The molecule has 10 nitrogen and oxygen atoms in total. The van der Waals surface area contributed by atoms with E-state index in [9.17, 15) is 25.0 Å². The molecule has 10 heteroatoms. The lowest BCUT2D eigenvalue weighted by molar-refractivity contribution is -0.421. The fraction of sp³-hybridized carbons (Fsp3) is 0.278. The first-order valence-corrected chi connectivity index (χ1v) is 8.63. The second kappa shape index (κ2) is 7.14. The Morgan fingerprint density at radius 2 is 2.00 bits per heavy atom. The Balaban J connectivity index is 2.35. The Labute approximate surface area is 159 Å². The maximum atomic E-state index is 12.4. The topological polar surface area (TPSA) is 144 Å². The van der Waals surface area contributed by atoms with Crippen LogP contribution in [0, 0.1) is 20.2 Å². The van der Waals surface area contributed by atoms with E-state index in [1.165, 1.54) is 12.1 Å². The van der Waals surface area contributed by atoms with Gasteiger partial charge in [0.15, 0.2) is 0 Å². The van der Waals surface area contributed by atoms with Crippen LogP contribution in [-0.4, -0.2) is 27.0 Å². The average molecular weight is 386 g/mol. The van der Waals surface area contributed by atoms with Gasteiger partial charge in [-0.25, -0.2) is 4.79 Å². The van der Waals surface area contributed by atoms with E-state index in [2.05, 4.69) is 0 Å². The smallest absolute Gasteiger partial charge is 0.355 e. The molecule has 28 heavy (non-hydrogen) atoms. The van der Waals surface area contributed by atoms with Crippen LogP contribution in [0.2, 0.25) is 0 Å². The summed E-state index contributed by atoms with van der Waals surface area (Å²) in [7, 11) is 0. The molecule has 0 spiro atoms. The third-order valence-electron chi connectivity index (χ3n) is 4.54. The number of carbonyl (C=O) groups excluding carboxylic acids is 1. The van der Waals surface area contributed by atoms with Crippen molar-refractivity contribution in [2.45, 2.75) is 26.8 Å². The first kappa shape index (κ1) is 19.1. The molecule has 1 aliphatic heterocycles. The summed E-state index contributed by atoms with van der Waals surface area (Å²) in [6, 6.07) is 3.98. The quantitative estimate of drug-likeness (QED) is 0.472. The Kier molecular flexibility index (Phi) is 4.87. The zero-order valence-electron chi connectivity index (χ0n) is 15.3. The summed E-state index contributed by atoms with van der Waals surface area (Å²) in [5.41, 5.74) is 6.84. The molecule has 0 saturated heterocycles. The molecule has 2 heterocycles. The molecule has 1 aromatic carbocycles. The molecule has 0 aliphatic carbocycles. The lowest BCUT2D eigenvalue weighted by Crippen LogP contribution is -2.23. The molecule has 1 aliphatic rings. The number of hydrogen-bond acceptors (Lipinski definition) is 7. The van der Waals surface area contributed by atoms with Crippen molar-refractivity contribution in [2.24, 2.45) is 5.73 Å². The van der Waals surface area contributed by atoms with Crippen LogP contribution in [0.4, 0.5) is 11.4 Å². The van der Waals surface area contributed by atoms with Crippen LogP contribution in [0.3, 0.4) is 0 Å². The molecule has 0 atom stereocenters. The molecule has 1 aromatic heterocycles. The fourth-order valence-electron chi connectivity index (χ4n) is 3.45. The first-order chi connectivity index (χ1) is 13.3. The number of esters is 1. The Morgan fingerprint density at radius 1 is 1.29 bits per heavy atom. The first-order valence-electron chi connectivity index (χ1n) is 8.63. The molecule has 146 valence electrons. The second-order valence-electron chi connectivity index (χ2n) is 6.14. The van der Waals surface area contributed by atoms with Crippen LogP contribution in [0.1, 0.15) is 26.0 Å². The van der Waals surface area contributed by atoms with E-state index in [0.717, 1.165) is 6.07 Å². The molecule has 0 radical (unpaired) electrons. The predicted octanol–water partition coefficient (Wildman–Crippen LogP) is 3.04. The highest BCUT2D eigenvalue weighted by molar-refractivity contribution is 6.05. The largest absolute Gasteiger partial charge is 0.462 e. The predicted molar refractivity (Wildman–Crippen MR) is 101 cm³/mol. The molecule has 3 rings (SSSR count). The number of allylic oxidation sites excluding steroid dienone is 1. The minimum absolute atomic E-state index is 0.0955. The van der Waals surface area contributed by atoms with Crippen LogP contribution >= 0.6 is 0 Å². The fourth-order valence-corrected chi connectivity index (χ4v) is 3.45. The molecular formula is C18H18N4O6. The van der Waals surface area contributed by atoms with Crippen LogP contribution in [0.5, 0.6) is 0 Å². The molecule has 0 unspecified atom stereocenters. The Bertz CT molecular complexity index is 1080. The highest BCUT2D eigenvalue weighted by Crippen LogP contribution is 2.40. The molecule has 2 N–H and O–H groups in total. The van der Waals surface area contributed by atoms with Crippen molar-refractivity contribution in [3.05, 3.63) is 61.3 Å². The van der Waals surface area contributed by atoms with Gasteiger partial charge in [-0.3, -0.25) is 20.2 Å². The number of fused-ring (bicyclic) bond motifs is 3. The molecule has 0 saturated carbocycles. The van der Waals surface area contributed by atoms with Gasteiger partial charge in [-0.1, -0.05) is 13.0 Å². The number of ether oxygens (including phenoxy) is 1. The maximum absolute atomic E-state index is 12.4. The van der Waals surface area contributed by atoms with Gasteiger partial charge in [0.05, 0.1) is 44.3 Å². The summed E-state index contributed by atoms with van der Waals surface area (Å²) in [5, 5.41) is 22.8. The lowest BCUT2D eigenvalue weighted by atomic mass is 9.98. The van der Waals surface area contributed by atoms with Gasteiger partial charge in [0.25, 0.3) is 0 Å². The summed E-state index contributed by atoms with van der Waals surface area (Å²) < 4.78 is 6.82. The van der Waals surface area contributed by atoms with Gasteiger partial charge in [0.1, 0.15) is 0 Å². The highest BCUT2D eigenvalue weighted by atomic mass is 16.6. The minimum atomic E-state index is -0.792. The zero-order valence-corrected chi connectivity index (χ0v) is 15.3. The molecule has 2 aromatic rings. The number of nitro benzene ring substituents is 2. The van der Waals surface area contributed by atoms with Crippen molar-refractivity contribution < 1.29 is 19.4 Å². The summed E-state index contributed by atoms with van der Waals surface area (Å²) in [6.45, 7) is 4.01. The van der Waals surface area contributed by atoms with Gasteiger partial charge in [0, 0.05) is 12.6 Å². The van der Waals surface area contributed by atoms with E-state index in [1.54, 1.807) is 11.5 Å². The number of hydrogen-bond donors (Lipinski definition) is 1. The van der Waals surface area contributed by atoms with Gasteiger partial charge in [0.2, 0.25) is 0 Å². The monoisotopic (exact) mass is 386 g/mol. The van der Waals surface area contributed by atoms with E-state index in [-0.39, 0.29) is 29.8 Å². The van der Waals surface area contributed by atoms with Gasteiger partial charge >= 0.3 is 17.3 Å². The Hall–Kier alpha value is -3.69. The number of nitro groups is 2. The second-order valence-corrected chi connectivity index (χ2v) is 6.14. The summed E-state index contributed by atoms with van der Waals surface area (Å²) >= 11 is 0. The number of nitrogens with zero attached hydrogens (tertiary/aromatic N) is 3. The van der Waals surface area contributed by atoms with Gasteiger partial charge in [-0.15, -0.1) is 0 Å². The van der Waals surface area contributed by atoms with Crippen molar-refractivity contribution >= 4 is 33.9 Å². The summed E-state index contributed by atoms with van der Waals surface area (Å²) in [4.78, 5) is 33.6. The normalized spacial score (nSPS) is 15.0. The summed E-state index contributed by atoms with van der Waals surface area (Å²) in [6.07, 6.45) is 2.49. The van der Waals surface area contributed by atoms with Crippen molar-refractivity contribution in [3.63, 3.8) is 0 Å². The molecular weight excluding hydrogens is 368 g/mol. The SMILES string of the molecule is CC/C=C1/Cn2c(cc3c([N+](=O)[O-])c([N+](=O)[O-])ccc32)C(N)=C1C(=O)OCC. The number of rotatable bonds is 5. The van der Waals surface area contributed by atoms with Crippen LogP contribution in [0.25, 0.3) is 16.6 Å². The van der Waals surface area contributed by atoms with E-state index in [1.807, 2.05) is 13.0 Å². The van der Waals surface area contributed by atoms with E-state index in [4.69, 9.17) is 10.5 Å². The number of nitrogens with two attached hydrogens (primary N) is 1. The maximum Gasteiger partial charge on any atom is 0.355 e. The zero-order chi connectivity index (χ0) is 20.6. The average Bonchev–Trinajstić information content (AvgIpc) is 3.00. The highest BCUT2D eigenvalue weighted by Gasteiger charge is 2.33. The standard InChI is InChI=1S/C18H18N4O6/c1-3-5-10-9-20-12-6-7-13(21(24)25)17(22(26)27)11(12)8-14(20)16(19)15(10)18(23)28-4-2/h5-8H,3-4,9,19H2,1-2H3/b10-5-. The van der Waals surface area contributed by atoms with Crippen molar-refractivity contribution in [2.75, 3.05) is 6.61 Å². The van der Waals surface area contributed by atoms with Gasteiger partial charge in [-0.05, 0) is 31.1 Å². The van der Waals surface area contributed by atoms with Crippen LogP contribution in [0.15, 0.2) is 35.4 Å². The van der Waals surface area contributed by atoms with Crippen molar-refractivity contribution in [1.29, 1.82) is 0 Å². The van der Waals surface area contributed by atoms with Crippen molar-refractivity contribution in [1.82, 2.24) is 4.57 Å². The van der Waals surface area contributed by atoms with Crippen LogP contribution < -0.4 is 5.73 Å². The summed E-state index contributed by atoms with van der Waals surface area (Å²) in [5.74, 6) is -0.573. The molecule has 0 amide bonds. The van der Waals surface area contributed by atoms with E-state index in [0.29, 0.717) is 23.2 Å². The number of aromatic nitrogens is 1. The van der Waals surface area contributed by atoms with Gasteiger partial charge < -0.3 is 15.0 Å². The van der Waals surface area contributed by atoms with Gasteiger partial charge in [-0.2, -0.15) is 0 Å². The van der Waals surface area contributed by atoms with Crippen LogP contribution in [-0.2, 0) is 16.1 Å². The van der Waals surface area contributed by atoms with E-state index < -0.39 is 27.2 Å².